The molecular formula is C26H26Cl3N7O3S2. The molecule has 0 aromatic carbocycles. The fourth-order valence-corrected chi connectivity index (χ4v) is 8.78. The molecule has 4 aromatic heterocycles. The van der Waals surface area contributed by atoms with E-state index in [1.807, 2.05) is 23.6 Å². The predicted molar refractivity (Wildman–Crippen MR) is 161 cm³/mol. The van der Waals surface area contributed by atoms with Crippen LogP contribution in [0.1, 0.15) is 34.7 Å². The molecule has 2 atom stereocenters. The van der Waals surface area contributed by atoms with Crippen molar-refractivity contribution in [1.29, 1.82) is 0 Å². The molecule has 15 heteroatoms. The molecule has 10 nitrogen and oxygen atoms in total. The monoisotopic (exact) mass is 653 g/mol. The van der Waals surface area contributed by atoms with Gasteiger partial charge in [0.15, 0.2) is 0 Å². The minimum absolute atomic E-state index is 0.0801. The van der Waals surface area contributed by atoms with Gasteiger partial charge in [-0.2, -0.15) is 0 Å². The quantitative estimate of drug-likeness (QED) is 0.130. The average Bonchev–Trinajstić information content (AvgIpc) is 3.51. The molecule has 1 fully saturated rings. The number of amides is 3. The number of nitrogens with zero attached hydrogens (tertiary/aromatic N) is 7. The molecule has 0 radical (unpaired) electrons. The zero-order valence-electron chi connectivity index (χ0n) is 22.3. The maximum atomic E-state index is 12.9. The third-order valence-electron chi connectivity index (χ3n) is 7.39. The van der Waals surface area contributed by atoms with Gasteiger partial charge in [-0.05, 0) is 49.4 Å². The van der Waals surface area contributed by atoms with Crippen LogP contribution in [0.25, 0.3) is 20.4 Å². The predicted octanol–water partition coefficient (Wildman–Crippen LogP) is 5.99. The number of rotatable bonds is 0. The van der Waals surface area contributed by atoms with Gasteiger partial charge in [-0.1, -0.05) is 23.2 Å². The van der Waals surface area contributed by atoms with E-state index in [-0.39, 0.29) is 18.2 Å². The van der Waals surface area contributed by atoms with E-state index in [4.69, 9.17) is 39.5 Å². The Morgan fingerprint density at radius 2 is 1.29 bits per heavy atom. The Morgan fingerprint density at radius 3 is 1.80 bits per heavy atom. The van der Waals surface area contributed by atoms with Crippen molar-refractivity contribution in [2.45, 2.75) is 52.0 Å². The van der Waals surface area contributed by atoms with Crippen LogP contribution in [0.15, 0.2) is 12.7 Å². The molecule has 0 saturated carbocycles. The molecule has 3 aliphatic heterocycles. The summed E-state index contributed by atoms with van der Waals surface area (Å²) in [5, 5.41) is 2.47. The fourth-order valence-electron chi connectivity index (χ4n) is 5.63. The molecule has 7 heterocycles. The van der Waals surface area contributed by atoms with Crippen molar-refractivity contribution in [3.63, 3.8) is 0 Å². The summed E-state index contributed by atoms with van der Waals surface area (Å²) in [5.74, 6) is 0. The minimum Gasteiger partial charge on any atom is -0.372 e. The summed E-state index contributed by atoms with van der Waals surface area (Å²) >= 11 is 21.0. The van der Waals surface area contributed by atoms with Crippen molar-refractivity contribution in [3.8, 4) is 0 Å². The third kappa shape index (κ3) is 5.70. The number of hydrogen-bond donors (Lipinski definition) is 0. The van der Waals surface area contributed by atoms with E-state index in [1.54, 1.807) is 27.6 Å². The van der Waals surface area contributed by atoms with Gasteiger partial charge in [-0.25, -0.2) is 24.7 Å². The molecule has 0 aliphatic carbocycles. The molecule has 0 N–H and O–H groups in total. The second-order valence-corrected chi connectivity index (χ2v) is 13.4. The van der Waals surface area contributed by atoms with Crippen LogP contribution in [-0.4, -0.2) is 84.4 Å². The summed E-state index contributed by atoms with van der Waals surface area (Å²) in [4.78, 5) is 50.1. The molecule has 0 unspecified atom stereocenters. The van der Waals surface area contributed by atoms with E-state index in [0.29, 0.717) is 49.6 Å². The lowest BCUT2D eigenvalue weighted by Gasteiger charge is -2.39. The van der Waals surface area contributed by atoms with Gasteiger partial charge in [0.05, 0.1) is 36.1 Å². The highest BCUT2D eigenvalue weighted by atomic mass is 35.5. The zero-order valence-corrected chi connectivity index (χ0v) is 26.2. The number of aromatic nitrogens is 4. The first-order chi connectivity index (χ1) is 19.7. The Kier molecular flexibility index (Phi) is 8.23. The van der Waals surface area contributed by atoms with Crippen LogP contribution in [0.5, 0.6) is 0 Å². The molecule has 0 bridgehead atoms. The molecule has 1 saturated heterocycles. The Morgan fingerprint density at radius 1 is 0.805 bits per heavy atom. The number of urea groups is 1. The van der Waals surface area contributed by atoms with E-state index in [9.17, 15) is 9.59 Å². The fraction of sp³-hybridized carbons (Fsp3) is 0.462. The molecular weight excluding hydrogens is 629 g/mol. The lowest BCUT2D eigenvalue weighted by molar-refractivity contribution is -0.0585. The smallest absolute Gasteiger partial charge is 0.320 e. The number of fused-ring (bicyclic) bond motifs is 6. The maximum absolute atomic E-state index is 12.9. The van der Waals surface area contributed by atoms with Gasteiger partial charge in [0.1, 0.15) is 32.6 Å². The Balaban J connectivity index is 0.000000156. The van der Waals surface area contributed by atoms with E-state index < -0.39 is 5.37 Å². The highest BCUT2D eigenvalue weighted by Crippen LogP contribution is 2.38. The van der Waals surface area contributed by atoms with Crippen LogP contribution in [0.2, 0.25) is 10.3 Å². The minimum atomic E-state index is -0.412. The number of ether oxygens (including phenoxy) is 1. The van der Waals surface area contributed by atoms with Crippen molar-refractivity contribution in [2.75, 3.05) is 26.2 Å². The second kappa shape index (κ2) is 11.7. The lowest BCUT2D eigenvalue weighted by atomic mass is 10.1. The summed E-state index contributed by atoms with van der Waals surface area (Å²) in [6.07, 6.45) is 4.65. The largest absolute Gasteiger partial charge is 0.372 e. The SMILES string of the molecule is C[C@H]1CN(C(=O)N2CCc3c(sc4ncnc(Cl)c34)C2)C[C@H](C)O1.O=C(Cl)N1CCc2c(sc3ncnc(Cl)c23)C1. The maximum Gasteiger partial charge on any atom is 0.320 e. The number of thiophene rings is 2. The van der Waals surface area contributed by atoms with E-state index in [0.717, 1.165) is 43.7 Å². The summed E-state index contributed by atoms with van der Waals surface area (Å²) < 4.78 is 5.72. The van der Waals surface area contributed by atoms with E-state index in [1.165, 1.54) is 23.1 Å². The number of hydrogen-bond acceptors (Lipinski definition) is 9. The standard InChI is InChI=1S/C16H19ClN4O2S.C10H7Cl2N3OS/c1-9-5-21(6-10(2)23-9)16(22)20-4-3-11-12(7-20)24-15-13(11)14(17)18-8-19-15;11-8-7-5-1-2-15(10(12)16)3-6(5)17-9(7)14-4-13-8/h8-10H,3-7H2,1-2H3;4H,1-3H2/t9-,10-;/m0./s1. The Bertz CT molecular complexity index is 1640. The van der Waals surface area contributed by atoms with Crippen molar-refractivity contribution in [2.24, 2.45) is 0 Å². The number of carbonyl (C=O) groups is 2. The first-order valence-corrected chi connectivity index (χ1v) is 15.9. The molecule has 3 amide bonds. The molecule has 7 rings (SSSR count). The van der Waals surface area contributed by atoms with Crippen molar-refractivity contribution >= 4 is 89.3 Å². The molecule has 4 aromatic rings. The normalized spacial score (nSPS) is 20.5. The van der Waals surface area contributed by atoms with Gasteiger partial charge in [-0.15, -0.1) is 22.7 Å². The summed E-state index contributed by atoms with van der Waals surface area (Å²) in [5.41, 5.74) is 2.36. The topological polar surface area (TPSA) is 105 Å². The summed E-state index contributed by atoms with van der Waals surface area (Å²) in [7, 11) is 0. The number of carbonyl (C=O) groups excluding carboxylic acids is 2. The number of morpholine rings is 1. The first kappa shape index (κ1) is 28.8. The number of halogens is 3. The van der Waals surface area contributed by atoms with Crippen molar-refractivity contribution in [1.82, 2.24) is 34.6 Å². The first-order valence-electron chi connectivity index (χ1n) is 13.1. The van der Waals surface area contributed by atoms with Crippen LogP contribution < -0.4 is 0 Å². The van der Waals surface area contributed by atoms with Gasteiger partial charge in [0, 0.05) is 35.9 Å². The summed E-state index contributed by atoms with van der Waals surface area (Å²) in [6, 6.07) is 0.0947. The van der Waals surface area contributed by atoms with Crippen LogP contribution in [0.4, 0.5) is 9.59 Å². The highest BCUT2D eigenvalue weighted by molar-refractivity contribution is 7.19. The van der Waals surface area contributed by atoms with Crippen molar-refractivity contribution in [3.05, 3.63) is 43.8 Å². The molecule has 3 aliphatic rings. The van der Waals surface area contributed by atoms with Crippen LogP contribution in [0.3, 0.4) is 0 Å². The molecule has 0 spiro atoms. The Hall–Kier alpha value is -2.35. The van der Waals surface area contributed by atoms with E-state index >= 15 is 0 Å². The Labute approximate surface area is 259 Å². The van der Waals surface area contributed by atoms with Gasteiger partial charge < -0.3 is 19.4 Å². The van der Waals surface area contributed by atoms with Crippen LogP contribution >= 0.6 is 57.5 Å². The van der Waals surface area contributed by atoms with Crippen molar-refractivity contribution < 1.29 is 14.3 Å². The van der Waals surface area contributed by atoms with E-state index in [2.05, 4.69) is 19.9 Å². The van der Waals surface area contributed by atoms with Gasteiger partial charge in [0.2, 0.25) is 0 Å². The zero-order chi connectivity index (χ0) is 28.8. The van der Waals surface area contributed by atoms with Gasteiger partial charge in [0.25, 0.3) is 0 Å². The lowest BCUT2D eigenvalue weighted by Crippen LogP contribution is -2.53. The van der Waals surface area contributed by atoms with Gasteiger partial charge in [-0.3, -0.25) is 4.79 Å². The van der Waals surface area contributed by atoms with Crippen LogP contribution in [0, 0.1) is 0 Å². The molecule has 216 valence electrons. The average molecular weight is 655 g/mol. The molecule has 41 heavy (non-hydrogen) atoms. The third-order valence-corrected chi connectivity index (χ3v) is 10.5. The van der Waals surface area contributed by atoms with Crippen LogP contribution in [-0.2, 0) is 30.7 Å². The highest BCUT2D eigenvalue weighted by Gasteiger charge is 2.32. The second-order valence-electron chi connectivity index (χ2n) is 10.2. The van der Waals surface area contributed by atoms with Gasteiger partial charge >= 0.3 is 11.4 Å². The summed E-state index contributed by atoms with van der Waals surface area (Å²) in [6.45, 7) is 7.79.